The first kappa shape index (κ1) is 14.3. The molecule has 11 heteroatoms. The van der Waals surface area contributed by atoms with Gasteiger partial charge in [-0.2, -0.15) is 13.2 Å². The quantitative estimate of drug-likeness (QED) is 0.729. The van der Waals surface area contributed by atoms with Crippen LogP contribution in [0.5, 0.6) is 0 Å². The SMILES string of the molecule is FC(F)(F)OC1CN=Cc2c(Br)nc(C(F)(F)F)n21. The third-order valence-electron chi connectivity index (χ3n) is 2.19. The number of aliphatic imine (C=N–C) groups is 1. The van der Waals surface area contributed by atoms with Crippen LogP contribution in [0, 0.1) is 0 Å². The summed E-state index contributed by atoms with van der Waals surface area (Å²) in [6.45, 7) is -0.585. The van der Waals surface area contributed by atoms with Crippen LogP contribution in [0.25, 0.3) is 0 Å². The Labute approximate surface area is 110 Å². The van der Waals surface area contributed by atoms with E-state index in [1.807, 2.05) is 0 Å². The molecule has 0 N–H and O–H groups in total. The van der Waals surface area contributed by atoms with Crippen molar-refractivity contribution in [1.82, 2.24) is 9.55 Å². The maximum absolute atomic E-state index is 12.7. The van der Waals surface area contributed by atoms with Crippen molar-refractivity contribution < 1.29 is 31.1 Å². The highest BCUT2D eigenvalue weighted by molar-refractivity contribution is 9.10. The number of ether oxygens (including phenoxy) is 1. The first-order valence-electron chi connectivity index (χ1n) is 4.69. The van der Waals surface area contributed by atoms with Crippen LogP contribution < -0.4 is 0 Å². The van der Waals surface area contributed by atoms with E-state index < -0.39 is 31.1 Å². The molecule has 0 saturated heterocycles. The summed E-state index contributed by atoms with van der Waals surface area (Å²) in [5, 5.41) is 0. The van der Waals surface area contributed by atoms with Crippen molar-refractivity contribution >= 4 is 22.1 Å². The normalized spacial score (nSPS) is 19.6. The average Bonchev–Trinajstić information content (AvgIpc) is 2.55. The fourth-order valence-corrected chi connectivity index (χ4v) is 2.04. The van der Waals surface area contributed by atoms with Crippen LogP contribution in [0.3, 0.4) is 0 Å². The first-order chi connectivity index (χ1) is 8.59. The van der Waals surface area contributed by atoms with Gasteiger partial charge in [0.2, 0.25) is 5.82 Å². The Kier molecular flexibility index (Phi) is 3.37. The Morgan fingerprint density at radius 1 is 1.26 bits per heavy atom. The minimum atomic E-state index is -5.07. The second kappa shape index (κ2) is 4.47. The number of rotatable bonds is 1. The number of aromatic nitrogens is 2. The third kappa shape index (κ3) is 2.91. The average molecular weight is 352 g/mol. The van der Waals surface area contributed by atoms with Crippen molar-refractivity contribution in [3.05, 3.63) is 16.1 Å². The van der Waals surface area contributed by atoms with Gasteiger partial charge in [-0.1, -0.05) is 0 Å². The molecule has 106 valence electrons. The van der Waals surface area contributed by atoms with Crippen LogP contribution in [-0.2, 0) is 10.9 Å². The van der Waals surface area contributed by atoms with Crippen LogP contribution in [0.15, 0.2) is 9.60 Å². The second-order valence-electron chi connectivity index (χ2n) is 3.49. The lowest BCUT2D eigenvalue weighted by molar-refractivity contribution is -0.354. The van der Waals surface area contributed by atoms with E-state index in [-0.39, 0.29) is 10.3 Å². The molecule has 4 nitrogen and oxygen atoms in total. The Hall–Kier alpha value is -1.10. The number of halogens is 7. The van der Waals surface area contributed by atoms with Crippen molar-refractivity contribution in [2.75, 3.05) is 6.54 Å². The zero-order valence-corrected chi connectivity index (χ0v) is 10.3. The molecule has 2 heterocycles. The lowest BCUT2D eigenvalue weighted by Gasteiger charge is -2.25. The lowest BCUT2D eigenvalue weighted by Crippen LogP contribution is -2.31. The summed E-state index contributed by atoms with van der Waals surface area (Å²) in [5.74, 6) is -1.48. The van der Waals surface area contributed by atoms with Crippen LogP contribution in [-0.4, -0.2) is 28.7 Å². The topological polar surface area (TPSA) is 39.4 Å². The van der Waals surface area contributed by atoms with E-state index in [1.54, 1.807) is 0 Å². The summed E-state index contributed by atoms with van der Waals surface area (Å²) in [6.07, 6.45) is -10.9. The molecule has 1 unspecified atom stereocenters. The van der Waals surface area contributed by atoms with E-state index >= 15 is 0 Å². The highest BCUT2D eigenvalue weighted by Gasteiger charge is 2.44. The van der Waals surface area contributed by atoms with E-state index in [9.17, 15) is 26.3 Å². The molecule has 0 bridgehead atoms. The van der Waals surface area contributed by atoms with Crippen molar-refractivity contribution in [2.24, 2.45) is 4.99 Å². The molecule has 2 rings (SSSR count). The highest BCUT2D eigenvalue weighted by Crippen LogP contribution is 2.37. The number of hydrogen-bond acceptors (Lipinski definition) is 3. The zero-order valence-electron chi connectivity index (χ0n) is 8.76. The highest BCUT2D eigenvalue weighted by atomic mass is 79.9. The smallest absolute Gasteiger partial charge is 0.289 e. The Morgan fingerprint density at radius 2 is 1.89 bits per heavy atom. The summed E-state index contributed by atoms with van der Waals surface area (Å²) in [4.78, 5) is 6.69. The lowest BCUT2D eigenvalue weighted by atomic mass is 10.3. The number of nitrogens with zero attached hydrogens (tertiary/aromatic N) is 3. The minimum absolute atomic E-state index is 0.229. The third-order valence-corrected chi connectivity index (χ3v) is 2.77. The maximum atomic E-state index is 12.7. The fourth-order valence-electron chi connectivity index (χ4n) is 1.58. The van der Waals surface area contributed by atoms with E-state index in [1.165, 1.54) is 0 Å². The monoisotopic (exact) mass is 351 g/mol. The van der Waals surface area contributed by atoms with Crippen LogP contribution >= 0.6 is 15.9 Å². The number of imidazole rings is 1. The molecule has 0 spiro atoms. The Bertz CT molecular complexity index is 520. The Balaban J connectivity index is 2.50. The van der Waals surface area contributed by atoms with Crippen molar-refractivity contribution in [3.63, 3.8) is 0 Å². The summed E-state index contributed by atoms with van der Waals surface area (Å²) in [6, 6.07) is 0. The van der Waals surface area contributed by atoms with E-state index in [4.69, 9.17) is 0 Å². The fraction of sp³-hybridized carbons (Fsp3) is 0.500. The molecule has 1 aliphatic heterocycles. The number of hydrogen-bond donors (Lipinski definition) is 0. The van der Waals surface area contributed by atoms with E-state index in [0.717, 1.165) is 6.21 Å². The summed E-state index contributed by atoms with van der Waals surface area (Å²) >= 11 is 2.74. The molecule has 1 aliphatic rings. The first-order valence-corrected chi connectivity index (χ1v) is 5.48. The van der Waals surface area contributed by atoms with Crippen LogP contribution in [0.4, 0.5) is 26.3 Å². The van der Waals surface area contributed by atoms with Gasteiger partial charge in [-0.05, 0) is 15.9 Å². The van der Waals surface area contributed by atoms with Gasteiger partial charge in [-0.25, -0.2) is 4.98 Å². The molecule has 1 aromatic heterocycles. The van der Waals surface area contributed by atoms with Crippen molar-refractivity contribution in [1.29, 1.82) is 0 Å². The van der Waals surface area contributed by atoms with Gasteiger partial charge in [-0.3, -0.25) is 14.3 Å². The summed E-state index contributed by atoms with van der Waals surface area (Å²) in [5.41, 5.74) is -0.229. The van der Waals surface area contributed by atoms with Gasteiger partial charge in [0, 0.05) is 6.21 Å². The molecule has 0 aromatic carbocycles. The maximum Gasteiger partial charge on any atom is 0.524 e. The van der Waals surface area contributed by atoms with E-state index in [2.05, 4.69) is 30.6 Å². The molecule has 0 fully saturated rings. The molecule has 0 aliphatic carbocycles. The molecule has 0 radical (unpaired) electrons. The van der Waals surface area contributed by atoms with Gasteiger partial charge in [0.05, 0.1) is 12.2 Å². The van der Waals surface area contributed by atoms with Gasteiger partial charge in [-0.15, -0.1) is 13.2 Å². The molecular formula is C8H4BrF6N3O. The summed E-state index contributed by atoms with van der Waals surface area (Å²) in [7, 11) is 0. The molecule has 19 heavy (non-hydrogen) atoms. The van der Waals surface area contributed by atoms with Crippen LogP contribution in [0.2, 0.25) is 0 Å². The standard InChI is InChI=1S/C8H4BrF6N3O/c9-5-3-1-16-2-4(19-8(13,14)15)18(3)6(17-5)7(10,11)12/h1,4H,2H2. The predicted molar refractivity (Wildman–Crippen MR) is 53.6 cm³/mol. The molecule has 0 saturated carbocycles. The predicted octanol–water partition coefficient (Wildman–Crippen LogP) is 3.13. The number of fused-ring (bicyclic) bond motifs is 1. The van der Waals surface area contributed by atoms with Gasteiger partial charge >= 0.3 is 12.5 Å². The molecule has 1 atom stereocenters. The molecular weight excluding hydrogens is 348 g/mol. The van der Waals surface area contributed by atoms with Gasteiger partial charge in [0.25, 0.3) is 0 Å². The van der Waals surface area contributed by atoms with Gasteiger partial charge in [0.1, 0.15) is 4.60 Å². The largest absolute Gasteiger partial charge is 0.524 e. The van der Waals surface area contributed by atoms with Crippen LogP contribution in [0.1, 0.15) is 17.7 Å². The molecule has 1 aromatic rings. The van der Waals surface area contributed by atoms with Gasteiger partial charge < -0.3 is 0 Å². The van der Waals surface area contributed by atoms with Gasteiger partial charge in [0.15, 0.2) is 6.23 Å². The zero-order chi connectivity index (χ0) is 14.4. The second-order valence-corrected chi connectivity index (χ2v) is 4.24. The number of alkyl halides is 6. The van der Waals surface area contributed by atoms with Crippen molar-refractivity contribution in [2.45, 2.75) is 18.8 Å². The Morgan fingerprint density at radius 3 is 2.42 bits per heavy atom. The van der Waals surface area contributed by atoms with E-state index in [0.29, 0.717) is 4.57 Å². The molecule has 0 amide bonds. The summed E-state index contributed by atoms with van der Waals surface area (Å²) < 4.78 is 78.4. The van der Waals surface area contributed by atoms with Crippen molar-refractivity contribution in [3.8, 4) is 0 Å². The minimum Gasteiger partial charge on any atom is -0.289 e.